The van der Waals surface area contributed by atoms with Crippen molar-refractivity contribution >= 4 is 11.9 Å². The van der Waals surface area contributed by atoms with Crippen molar-refractivity contribution in [3.63, 3.8) is 0 Å². The number of hydrogen-bond donors (Lipinski definition) is 1. The van der Waals surface area contributed by atoms with Crippen molar-refractivity contribution in [1.29, 1.82) is 0 Å². The molecule has 4 heteroatoms. The van der Waals surface area contributed by atoms with Gasteiger partial charge in [0.2, 0.25) is 0 Å². The molecule has 0 aromatic heterocycles. The summed E-state index contributed by atoms with van der Waals surface area (Å²) in [7, 11) is 0. The van der Waals surface area contributed by atoms with Crippen LogP contribution in [-0.4, -0.2) is 23.1 Å². The second-order valence-corrected chi connectivity index (χ2v) is 5.77. The molecule has 23 heavy (non-hydrogen) atoms. The minimum atomic E-state index is -0.738. The number of carboxylic acid groups (broad SMARTS) is 1. The largest absolute Gasteiger partial charge is 0.481 e. The molecule has 0 saturated heterocycles. The quantitative estimate of drug-likeness (QED) is 0.276. The summed E-state index contributed by atoms with van der Waals surface area (Å²) in [6, 6.07) is 0. The summed E-state index contributed by atoms with van der Waals surface area (Å²) in [4.78, 5) is 21.6. The van der Waals surface area contributed by atoms with Gasteiger partial charge in [0.1, 0.15) is 6.10 Å². The predicted octanol–water partition coefficient (Wildman–Crippen LogP) is 5.04. The van der Waals surface area contributed by atoms with Crippen molar-refractivity contribution in [3.05, 3.63) is 24.3 Å². The van der Waals surface area contributed by atoms with E-state index in [2.05, 4.69) is 19.1 Å². The summed E-state index contributed by atoms with van der Waals surface area (Å²) in [6.45, 7) is 3.61. The number of esters is 1. The van der Waals surface area contributed by atoms with E-state index in [4.69, 9.17) is 9.84 Å². The highest BCUT2D eigenvalue weighted by atomic mass is 16.5. The second kappa shape index (κ2) is 15.3. The Hall–Kier alpha value is -1.58. The van der Waals surface area contributed by atoms with E-state index in [1.807, 2.05) is 12.2 Å². The first kappa shape index (κ1) is 21.4. The summed E-state index contributed by atoms with van der Waals surface area (Å²) in [5.74, 6) is -0.998. The van der Waals surface area contributed by atoms with Gasteiger partial charge in [0.25, 0.3) is 0 Å². The minimum absolute atomic E-state index is 0.170. The lowest BCUT2D eigenvalue weighted by atomic mass is 10.1. The van der Waals surface area contributed by atoms with E-state index >= 15 is 0 Å². The van der Waals surface area contributed by atoms with Crippen molar-refractivity contribution in [2.75, 3.05) is 0 Å². The number of unbranched alkanes of at least 4 members (excludes halogenated alkanes) is 5. The number of carbonyl (C=O) groups excluding carboxylic acids is 1. The topological polar surface area (TPSA) is 63.6 Å². The number of hydrogen-bond acceptors (Lipinski definition) is 3. The molecule has 0 aliphatic rings. The minimum Gasteiger partial charge on any atom is -0.481 e. The molecule has 0 fully saturated rings. The monoisotopic (exact) mass is 324 g/mol. The lowest BCUT2D eigenvalue weighted by molar-refractivity contribution is -0.144. The smallest absolute Gasteiger partial charge is 0.303 e. The normalized spacial score (nSPS) is 12.8. The van der Waals surface area contributed by atoms with E-state index in [1.54, 1.807) is 0 Å². The third kappa shape index (κ3) is 16.6. The van der Waals surface area contributed by atoms with Gasteiger partial charge in [-0.15, -0.1) is 0 Å². The summed E-state index contributed by atoms with van der Waals surface area (Å²) < 4.78 is 5.30. The molecular formula is C19H32O4. The van der Waals surface area contributed by atoms with Crippen LogP contribution < -0.4 is 0 Å². The summed E-state index contributed by atoms with van der Waals surface area (Å²) >= 11 is 0. The molecule has 0 rings (SSSR count). The first-order chi connectivity index (χ1) is 11.1. The highest BCUT2D eigenvalue weighted by molar-refractivity contribution is 5.66. The van der Waals surface area contributed by atoms with E-state index in [0.717, 1.165) is 38.5 Å². The van der Waals surface area contributed by atoms with Crippen LogP contribution in [-0.2, 0) is 14.3 Å². The molecular weight excluding hydrogens is 292 g/mol. The second-order valence-electron chi connectivity index (χ2n) is 5.77. The molecule has 0 aromatic rings. The van der Waals surface area contributed by atoms with E-state index in [0.29, 0.717) is 6.42 Å². The van der Waals surface area contributed by atoms with Crippen LogP contribution in [0, 0.1) is 0 Å². The average molecular weight is 324 g/mol. The van der Waals surface area contributed by atoms with Crippen LogP contribution in [0.5, 0.6) is 0 Å². The fourth-order valence-corrected chi connectivity index (χ4v) is 2.23. The molecule has 0 aliphatic carbocycles. The SMILES string of the molecule is CCCC/C=C\C/C=C\C(CCCCCCC(=O)O)OC(C)=O. The number of ether oxygens (including phenoxy) is 1. The molecule has 0 amide bonds. The van der Waals surface area contributed by atoms with E-state index in [1.165, 1.54) is 19.8 Å². The van der Waals surface area contributed by atoms with Crippen LogP contribution >= 0.6 is 0 Å². The van der Waals surface area contributed by atoms with Gasteiger partial charge in [0.05, 0.1) is 0 Å². The van der Waals surface area contributed by atoms with Crippen LogP contribution in [0.4, 0.5) is 0 Å². The molecule has 0 radical (unpaired) electrons. The molecule has 0 spiro atoms. The van der Waals surface area contributed by atoms with E-state index in [9.17, 15) is 9.59 Å². The Labute approximate surface area is 140 Å². The van der Waals surface area contributed by atoms with Gasteiger partial charge in [-0.1, -0.05) is 50.8 Å². The zero-order valence-electron chi connectivity index (χ0n) is 14.6. The van der Waals surface area contributed by atoms with Crippen molar-refractivity contribution in [2.24, 2.45) is 0 Å². The van der Waals surface area contributed by atoms with Gasteiger partial charge >= 0.3 is 11.9 Å². The van der Waals surface area contributed by atoms with Crippen LogP contribution in [0.1, 0.15) is 78.1 Å². The number of rotatable bonds is 14. The molecule has 0 bridgehead atoms. The molecule has 0 heterocycles. The van der Waals surface area contributed by atoms with Crippen LogP contribution in [0.15, 0.2) is 24.3 Å². The van der Waals surface area contributed by atoms with Crippen molar-refractivity contribution in [1.82, 2.24) is 0 Å². The Bertz CT molecular complexity index is 372. The van der Waals surface area contributed by atoms with Gasteiger partial charge in [-0.2, -0.15) is 0 Å². The molecule has 0 saturated carbocycles. The first-order valence-electron chi connectivity index (χ1n) is 8.77. The van der Waals surface area contributed by atoms with Crippen molar-refractivity contribution in [3.8, 4) is 0 Å². The summed E-state index contributed by atoms with van der Waals surface area (Å²) in [6.07, 6.45) is 17.1. The predicted molar refractivity (Wildman–Crippen MR) is 93.3 cm³/mol. The Kier molecular flexibility index (Phi) is 14.3. The van der Waals surface area contributed by atoms with Gasteiger partial charge in [-0.25, -0.2) is 0 Å². The molecule has 1 atom stereocenters. The van der Waals surface area contributed by atoms with Gasteiger partial charge in [0, 0.05) is 13.3 Å². The Morgan fingerprint density at radius 2 is 1.78 bits per heavy atom. The zero-order chi connectivity index (χ0) is 17.3. The Morgan fingerprint density at radius 1 is 1.04 bits per heavy atom. The third-order valence-corrected chi connectivity index (χ3v) is 3.46. The van der Waals surface area contributed by atoms with Crippen molar-refractivity contribution < 1.29 is 19.4 Å². The Balaban J connectivity index is 3.94. The maximum absolute atomic E-state index is 11.1. The number of carbonyl (C=O) groups is 2. The molecule has 132 valence electrons. The highest BCUT2D eigenvalue weighted by Gasteiger charge is 2.07. The van der Waals surface area contributed by atoms with Gasteiger partial charge in [-0.3, -0.25) is 9.59 Å². The van der Waals surface area contributed by atoms with Crippen LogP contribution in [0.2, 0.25) is 0 Å². The van der Waals surface area contributed by atoms with Crippen LogP contribution in [0.3, 0.4) is 0 Å². The lowest BCUT2D eigenvalue weighted by Crippen LogP contribution is -2.13. The number of allylic oxidation sites excluding steroid dienone is 3. The zero-order valence-corrected chi connectivity index (χ0v) is 14.6. The molecule has 1 N–H and O–H groups in total. The van der Waals surface area contributed by atoms with Crippen LogP contribution in [0.25, 0.3) is 0 Å². The number of carboxylic acids is 1. The van der Waals surface area contributed by atoms with Gasteiger partial charge in [0.15, 0.2) is 0 Å². The van der Waals surface area contributed by atoms with Gasteiger partial charge < -0.3 is 9.84 Å². The summed E-state index contributed by atoms with van der Waals surface area (Å²) in [5, 5.41) is 8.57. The molecule has 0 aromatic carbocycles. The van der Waals surface area contributed by atoms with E-state index < -0.39 is 5.97 Å². The third-order valence-electron chi connectivity index (χ3n) is 3.46. The standard InChI is InChI=1S/C19H32O4/c1-3-4-5-6-7-8-11-14-18(23-17(2)20)15-12-9-10-13-16-19(21)22/h6-7,11,14,18H,3-5,8-10,12-13,15-16H2,1-2H3,(H,21,22)/b7-6-,14-11-. The highest BCUT2D eigenvalue weighted by Crippen LogP contribution is 2.11. The van der Waals surface area contributed by atoms with E-state index in [-0.39, 0.29) is 18.5 Å². The van der Waals surface area contributed by atoms with Crippen molar-refractivity contribution in [2.45, 2.75) is 84.2 Å². The average Bonchev–Trinajstić information content (AvgIpc) is 2.48. The summed E-state index contributed by atoms with van der Waals surface area (Å²) in [5.41, 5.74) is 0. The maximum Gasteiger partial charge on any atom is 0.303 e. The Morgan fingerprint density at radius 3 is 2.43 bits per heavy atom. The fourth-order valence-electron chi connectivity index (χ4n) is 2.23. The fraction of sp³-hybridized carbons (Fsp3) is 0.684. The lowest BCUT2D eigenvalue weighted by Gasteiger charge is -2.12. The molecule has 4 nitrogen and oxygen atoms in total. The number of aliphatic carboxylic acids is 1. The molecule has 0 aliphatic heterocycles. The molecule has 1 unspecified atom stereocenters. The first-order valence-corrected chi connectivity index (χ1v) is 8.77. The maximum atomic E-state index is 11.1. The van der Waals surface area contributed by atoms with Gasteiger partial charge in [-0.05, 0) is 38.2 Å².